The fraction of sp³-hybridized carbons (Fsp3) is 0. The van der Waals surface area contributed by atoms with Crippen LogP contribution in [0, 0.1) is 0 Å². The fourth-order valence-corrected chi connectivity index (χ4v) is 1.56. The average molecular weight is 180 g/mol. The first-order valence-electron chi connectivity index (χ1n) is 3.20. The maximum absolute atomic E-state index is 10.5. The van der Waals surface area contributed by atoms with Crippen LogP contribution in [0.5, 0.6) is 0 Å². The fourth-order valence-electron chi connectivity index (χ4n) is 0.878. The first kappa shape index (κ1) is 7.17. The average Bonchev–Trinajstić information content (AvgIpc) is 2.49. The highest BCUT2D eigenvalue weighted by atomic mass is 32.1. The summed E-state index contributed by atoms with van der Waals surface area (Å²) in [6, 6.07) is 1.52. The zero-order chi connectivity index (χ0) is 8.55. The van der Waals surface area contributed by atoms with Crippen LogP contribution in [0.15, 0.2) is 17.8 Å². The van der Waals surface area contributed by atoms with Gasteiger partial charge >= 0.3 is 5.97 Å². The third kappa shape index (κ3) is 1.04. The molecule has 0 saturated heterocycles. The minimum absolute atomic E-state index is 0.0618. The maximum Gasteiger partial charge on any atom is 0.354 e. The molecule has 0 bridgehead atoms. The lowest BCUT2D eigenvalue weighted by Gasteiger charge is -1.90. The van der Waals surface area contributed by atoms with Crippen LogP contribution >= 0.6 is 11.3 Å². The smallest absolute Gasteiger partial charge is 0.354 e. The molecule has 60 valence electrons. The molecular weight excluding hydrogens is 176 g/mol. The normalized spacial score (nSPS) is 10.3. The van der Waals surface area contributed by atoms with Crippen molar-refractivity contribution in [3.63, 3.8) is 0 Å². The van der Waals surface area contributed by atoms with Crippen molar-refractivity contribution in [3.05, 3.63) is 23.5 Å². The molecule has 2 heterocycles. The van der Waals surface area contributed by atoms with Gasteiger partial charge in [-0.05, 0) is 6.07 Å². The number of nitrogens with zero attached hydrogens (tertiary/aromatic N) is 2. The van der Waals surface area contributed by atoms with Crippen LogP contribution in [0.3, 0.4) is 0 Å². The number of pyridine rings is 1. The van der Waals surface area contributed by atoms with Gasteiger partial charge in [-0.3, -0.25) is 0 Å². The van der Waals surface area contributed by atoms with E-state index in [9.17, 15) is 4.79 Å². The van der Waals surface area contributed by atoms with Crippen LogP contribution in [0.1, 0.15) is 10.5 Å². The van der Waals surface area contributed by atoms with Crippen LogP contribution in [0.25, 0.3) is 10.2 Å². The van der Waals surface area contributed by atoms with E-state index in [4.69, 9.17) is 5.11 Å². The van der Waals surface area contributed by atoms with Crippen molar-refractivity contribution < 1.29 is 9.90 Å². The van der Waals surface area contributed by atoms with Crippen LogP contribution in [-0.2, 0) is 0 Å². The molecule has 0 fully saturated rings. The van der Waals surface area contributed by atoms with Crippen molar-refractivity contribution in [1.29, 1.82) is 0 Å². The molecule has 5 heteroatoms. The molecule has 4 nitrogen and oxygen atoms in total. The van der Waals surface area contributed by atoms with Gasteiger partial charge in [-0.15, -0.1) is 11.3 Å². The van der Waals surface area contributed by atoms with Gasteiger partial charge in [0, 0.05) is 0 Å². The van der Waals surface area contributed by atoms with Crippen molar-refractivity contribution in [1.82, 2.24) is 9.97 Å². The Balaban J connectivity index is 2.68. The lowest BCUT2D eigenvalue weighted by molar-refractivity contribution is 0.0691. The monoisotopic (exact) mass is 180 g/mol. The molecule has 2 aromatic rings. The molecule has 2 aromatic heterocycles. The summed E-state index contributed by atoms with van der Waals surface area (Å²) < 4.78 is 0.849. The summed E-state index contributed by atoms with van der Waals surface area (Å²) in [5, 5.41) is 8.60. The molecule has 0 spiro atoms. The molecule has 0 amide bonds. The number of aromatic carboxylic acids is 1. The maximum atomic E-state index is 10.5. The Bertz CT molecular complexity index is 438. The van der Waals surface area contributed by atoms with E-state index >= 15 is 0 Å². The molecule has 0 saturated carbocycles. The molecule has 0 radical (unpaired) electrons. The second-order valence-electron chi connectivity index (χ2n) is 2.19. The summed E-state index contributed by atoms with van der Waals surface area (Å²) in [7, 11) is 0. The van der Waals surface area contributed by atoms with E-state index in [0.29, 0.717) is 0 Å². The van der Waals surface area contributed by atoms with Gasteiger partial charge in [-0.1, -0.05) is 0 Å². The summed E-state index contributed by atoms with van der Waals surface area (Å²) in [4.78, 5) is 18.2. The highest BCUT2D eigenvalue weighted by Gasteiger charge is 2.05. The SMILES string of the molecule is O=C(O)c1cc2scnc2cn1. The number of fused-ring (bicyclic) bond motifs is 1. The van der Waals surface area contributed by atoms with Crippen molar-refractivity contribution in [2.45, 2.75) is 0 Å². The molecule has 1 N–H and O–H groups in total. The number of carboxylic acid groups (broad SMARTS) is 1. The number of thiazole rings is 1. The van der Waals surface area contributed by atoms with Crippen molar-refractivity contribution in [2.24, 2.45) is 0 Å². The van der Waals surface area contributed by atoms with E-state index in [0.717, 1.165) is 10.2 Å². The Kier molecular flexibility index (Phi) is 1.51. The molecule has 0 aliphatic rings. The standard InChI is InChI=1S/C7H4N2O2S/c10-7(11)4-1-6-5(2-8-4)9-3-12-6/h1-3H,(H,10,11). The van der Waals surface area contributed by atoms with Crippen molar-refractivity contribution >= 4 is 27.5 Å². The van der Waals surface area contributed by atoms with E-state index < -0.39 is 5.97 Å². The van der Waals surface area contributed by atoms with E-state index in [1.54, 1.807) is 5.51 Å². The number of carboxylic acids is 1. The number of carbonyl (C=O) groups is 1. The Hall–Kier alpha value is -1.49. The van der Waals surface area contributed by atoms with Crippen molar-refractivity contribution in [3.8, 4) is 0 Å². The second kappa shape index (κ2) is 2.53. The van der Waals surface area contributed by atoms with Gasteiger partial charge in [0.1, 0.15) is 5.69 Å². The number of rotatable bonds is 1. The minimum atomic E-state index is -1.01. The van der Waals surface area contributed by atoms with Gasteiger partial charge in [0.05, 0.1) is 21.9 Å². The van der Waals surface area contributed by atoms with Crippen LogP contribution < -0.4 is 0 Å². The first-order valence-corrected chi connectivity index (χ1v) is 4.08. The first-order chi connectivity index (χ1) is 5.77. The Morgan fingerprint density at radius 2 is 2.33 bits per heavy atom. The van der Waals surface area contributed by atoms with Crippen LogP contribution in [0.2, 0.25) is 0 Å². The molecule has 0 aliphatic carbocycles. The number of hydrogen-bond acceptors (Lipinski definition) is 4. The van der Waals surface area contributed by atoms with Crippen LogP contribution in [-0.4, -0.2) is 21.0 Å². The van der Waals surface area contributed by atoms with Crippen LogP contribution in [0.4, 0.5) is 0 Å². The Morgan fingerprint density at radius 1 is 1.50 bits per heavy atom. The molecule has 0 aromatic carbocycles. The molecule has 0 atom stereocenters. The van der Waals surface area contributed by atoms with Gasteiger partial charge in [0.2, 0.25) is 0 Å². The highest BCUT2D eigenvalue weighted by Crippen LogP contribution is 2.16. The summed E-state index contributed by atoms with van der Waals surface area (Å²) in [6.07, 6.45) is 1.47. The van der Waals surface area contributed by atoms with Gasteiger partial charge in [-0.2, -0.15) is 0 Å². The third-order valence-electron chi connectivity index (χ3n) is 1.44. The summed E-state index contributed by atoms with van der Waals surface area (Å²) in [5.74, 6) is -1.01. The highest BCUT2D eigenvalue weighted by molar-refractivity contribution is 7.16. The van der Waals surface area contributed by atoms with E-state index in [1.165, 1.54) is 23.6 Å². The third-order valence-corrected chi connectivity index (χ3v) is 2.23. The molecule has 2 rings (SSSR count). The largest absolute Gasteiger partial charge is 0.477 e. The van der Waals surface area contributed by atoms with Gasteiger partial charge in [0.25, 0.3) is 0 Å². The Morgan fingerprint density at radius 3 is 3.08 bits per heavy atom. The summed E-state index contributed by atoms with van der Waals surface area (Å²) >= 11 is 1.40. The summed E-state index contributed by atoms with van der Waals surface area (Å²) in [5.41, 5.74) is 2.47. The van der Waals surface area contributed by atoms with E-state index in [1.807, 2.05) is 0 Å². The minimum Gasteiger partial charge on any atom is -0.477 e. The topological polar surface area (TPSA) is 63.1 Å². The quantitative estimate of drug-likeness (QED) is 0.720. The molecule has 0 unspecified atom stereocenters. The van der Waals surface area contributed by atoms with Gasteiger partial charge in [0.15, 0.2) is 0 Å². The lowest BCUT2D eigenvalue weighted by atomic mass is 10.3. The predicted octanol–water partition coefficient (Wildman–Crippen LogP) is 1.39. The second-order valence-corrected chi connectivity index (χ2v) is 3.08. The summed E-state index contributed by atoms with van der Waals surface area (Å²) in [6.45, 7) is 0. The Labute approximate surface area is 71.5 Å². The molecular formula is C7H4N2O2S. The zero-order valence-electron chi connectivity index (χ0n) is 5.89. The molecule has 12 heavy (non-hydrogen) atoms. The zero-order valence-corrected chi connectivity index (χ0v) is 6.71. The lowest BCUT2D eigenvalue weighted by Crippen LogP contribution is -1.98. The van der Waals surface area contributed by atoms with E-state index in [-0.39, 0.29) is 5.69 Å². The number of aromatic nitrogens is 2. The van der Waals surface area contributed by atoms with Crippen molar-refractivity contribution in [2.75, 3.05) is 0 Å². The van der Waals surface area contributed by atoms with Gasteiger partial charge < -0.3 is 5.11 Å². The van der Waals surface area contributed by atoms with Gasteiger partial charge in [-0.25, -0.2) is 14.8 Å². The predicted molar refractivity (Wildman–Crippen MR) is 44.4 cm³/mol. The number of hydrogen-bond donors (Lipinski definition) is 1. The van der Waals surface area contributed by atoms with E-state index in [2.05, 4.69) is 9.97 Å². The molecule has 0 aliphatic heterocycles.